The lowest BCUT2D eigenvalue weighted by atomic mass is 10.1. The van der Waals surface area contributed by atoms with Crippen LogP contribution in [0.2, 0.25) is 0 Å². The third-order valence-electron chi connectivity index (χ3n) is 2.17. The maximum absolute atomic E-state index is 11.5. The molecular formula is C10H20N2O3S. The van der Waals surface area contributed by atoms with Crippen LogP contribution in [-0.2, 0) is 9.59 Å². The Balaban J connectivity index is 4.31. The van der Waals surface area contributed by atoms with E-state index in [1.165, 1.54) is 7.05 Å². The summed E-state index contributed by atoms with van der Waals surface area (Å²) in [4.78, 5) is 22.5. The van der Waals surface area contributed by atoms with E-state index in [0.29, 0.717) is 6.42 Å². The van der Waals surface area contributed by atoms with Crippen molar-refractivity contribution in [2.45, 2.75) is 37.5 Å². The van der Waals surface area contributed by atoms with Gasteiger partial charge in [-0.25, -0.2) is 0 Å². The predicted molar refractivity (Wildman–Crippen MR) is 65.4 cm³/mol. The molecule has 0 aliphatic carbocycles. The molecule has 0 radical (unpaired) electrons. The molecule has 0 spiro atoms. The van der Waals surface area contributed by atoms with Gasteiger partial charge in [0.2, 0.25) is 11.8 Å². The average molecular weight is 248 g/mol. The van der Waals surface area contributed by atoms with Crippen LogP contribution in [0.3, 0.4) is 0 Å². The van der Waals surface area contributed by atoms with Crippen molar-refractivity contribution in [2.24, 2.45) is 0 Å². The molecule has 0 saturated heterocycles. The summed E-state index contributed by atoms with van der Waals surface area (Å²) < 4.78 is 0. The third kappa shape index (κ3) is 5.97. The second kappa shape index (κ2) is 8.41. The molecule has 6 heteroatoms. The van der Waals surface area contributed by atoms with Gasteiger partial charge < -0.3 is 15.7 Å². The molecule has 16 heavy (non-hydrogen) atoms. The van der Waals surface area contributed by atoms with E-state index in [-0.39, 0.29) is 11.2 Å². The van der Waals surface area contributed by atoms with Crippen molar-refractivity contribution < 1.29 is 14.7 Å². The number of likely N-dealkylation sites (N-methyl/N-ethyl adjacent to an activating group) is 1. The number of thiol groups is 1. The van der Waals surface area contributed by atoms with E-state index in [1.54, 1.807) is 0 Å². The molecular weight excluding hydrogens is 228 g/mol. The van der Waals surface area contributed by atoms with Crippen LogP contribution in [-0.4, -0.2) is 41.9 Å². The van der Waals surface area contributed by atoms with Crippen LogP contribution in [0.1, 0.15) is 26.2 Å². The predicted octanol–water partition coefficient (Wildman–Crippen LogP) is -0.302. The van der Waals surface area contributed by atoms with Crippen LogP contribution in [0.25, 0.3) is 0 Å². The monoisotopic (exact) mass is 248 g/mol. The molecule has 0 aliphatic heterocycles. The van der Waals surface area contributed by atoms with Crippen molar-refractivity contribution in [3.8, 4) is 0 Å². The lowest BCUT2D eigenvalue weighted by Crippen LogP contribution is -2.47. The minimum atomic E-state index is -0.626. The minimum absolute atomic E-state index is 0.0614. The number of hydrogen-bond acceptors (Lipinski definition) is 4. The lowest BCUT2D eigenvalue weighted by Gasteiger charge is -2.19. The fourth-order valence-corrected chi connectivity index (χ4v) is 1.84. The minimum Gasteiger partial charge on any atom is -0.387 e. The normalized spacial score (nSPS) is 14.0. The van der Waals surface area contributed by atoms with Gasteiger partial charge in [-0.2, -0.15) is 12.6 Å². The number of rotatable bonds is 7. The van der Waals surface area contributed by atoms with Gasteiger partial charge in [-0.3, -0.25) is 9.59 Å². The van der Waals surface area contributed by atoms with Crippen LogP contribution >= 0.6 is 12.6 Å². The topological polar surface area (TPSA) is 78.4 Å². The number of carbonyl (C=O) groups excluding carboxylic acids is 2. The molecule has 1 unspecified atom stereocenters. The van der Waals surface area contributed by atoms with Gasteiger partial charge in [-0.1, -0.05) is 13.3 Å². The number of carbonyl (C=O) groups is 2. The van der Waals surface area contributed by atoms with Crippen molar-refractivity contribution in [1.29, 1.82) is 0 Å². The van der Waals surface area contributed by atoms with E-state index in [2.05, 4.69) is 23.3 Å². The molecule has 0 aromatic rings. The zero-order valence-electron chi connectivity index (χ0n) is 9.69. The van der Waals surface area contributed by atoms with Gasteiger partial charge in [0, 0.05) is 12.3 Å². The van der Waals surface area contributed by atoms with Crippen LogP contribution in [0.5, 0.6) is 0 Å². The van der Waals surface area contributed by atoms with E-state index in [0.717, 1.165) is 12.8 Å². The number of aliphatic hydroxyl groups is 1. The Morgan fingerprint density at radius 1 is 1.44 bits per heavy atom. The largest absolute Gasteiger partial charge is 0.387 e. The van der Waals surface area contributed by atoms with Gasteiger partial charge in [0.1, 0.15) is 12.6 Å². The summed E-state index contributed by atoms with van der Waals surface area (Å²) >= 11 is 4.34. The SMILES string of the molecule is CCCC(S)C[C@H](NC(=O)CO)C(=O)NC. The van der Waals surface area contributed by atoms with E-state index < -0.39 is 18.6 Å². The highest BCUT2D eigenvalue weighted by Gasteiger charge is 2.21. The number of amides is 2. The lowest BCUT2D eigenvalue weighted by molar-refractivity contribution is -0.130. The Kier molecular flexibility index (Phi) is 8.01. The molecule has 0 aliphatic rings. The Morgan fingerprint density at radius 3 is 2.50 bits per heavy atom. The molecule has 5 nitrogen and oxygen atoms in total. The number of aliphatic hydroxyl groups excluding tert-OH is 1. The van der Waals surface area contributed by atoms with E-state index >= 15 is 0 Å². The fraction of sp³-hybridized carbons (Fsp3) is 0.800. The zero-order valence-corrected chi connectivity index (χ0v) is 10.6. The Bertz CT molecular complexity index is 236. The van der Waals surface area contributed by atoms with Crippen molar-refractivity contribution >= 4 is 24.4 Å². The maximum Gasteiger partial charge on any atom is 0.246 e. The first-order valence-electron chi connectivity index (χ1n) is 5.35. The van der Waals surface area contributed by atoms with E-state index in [4.69, 9.17) is 5.11 Å². The zero-order chi connectivity index (χ0) is 12.6. The van der Waals surface area contributed by atoms with Gasteiger partial charge >= 0.3 is 0 Å². The first kappa shape index (κ1) is 15.2. The van der Waals surface area contributed by atoms with Gasteiger partial charge in [-0.05, 0) is 12.8 Å². The summed E-state index contributed by atoms with van der Waals surface area (Å²) in [7, 11) is 1.51. The Hall–Kier alpha value is -0.750. The summed E-state index contributed by atoms with van der Waals surface area (Å²) in [5.41, 5.74) is 0. The van der Waals surface area contributed by atoms with Crippen LogP contribution in [0.15, 0.2) is 0 Å². The molecule has 3 N–H and O–H groups in total. The van der Waals surface area contributed by atoms with Crippen molar-refractivity contribution in [3.05, 3.63) is 0 Å². The summed E-state index contributed by atoms with van der Waals surface area (Å²) in [6.07, 6.45) is 2.32. The fourth-order valence-electron chi connectivity index (χ4n) is 1.37. The quantitative estimate of drug-likeness (QED) is 0.467. The van der Waals surface area contributed by atoms with Crippen molar-refractivity contribution in [3.63, 3.8) is 0 Å². The van der Waals surface area contributed by atoms with Gasteiger partial charge in [0.05, 0.1) is 0 Å². The molecule has 0 rings (SSSR count). The second-order valence-corrected chi connectivity index (χ2v) is 4.30. The van der Waals surface area contributed by atoms with Crippen molar-refractivity contribution in [1.82, 2.24) is 10.6 Å². The second-order valence-electron chi connectivity index (χ2n) is 3.57. The highest BCUT2D eigenvalue weighted by Crippen LogP contribution is 2.11. The van der Waals surface area contributed by atoms with E-state index in [9.17, 15) is 9.59 Å². The first-order valence-corrected chi connectivity index (χ1v) is 5.86. The van der Waals surface area contributed by atoms with E-state index in [1.807, 2.05) is 6.92 Å². The molecule has 0 aromatic heterocycles. The van der Waals surface area contributed by atoms with Crippen LogP contribution in [0.4, 0.5) is 0 Å². The molecule has 0 saturated carbocycles. The Morgan fingerprint density at radius 2 is 2.06 bits per heavy atom. The average Bonchev–Trinajstić information content (AvgIpc) is 2.27. The third-order valence-corrected chi connectivity index (χ3v) is 2.64. The molecule has 94 valence electrons. The first-order chi connectivity index (χ1) is 7.54. The Labute approximate surface area is 101 Å². The molecule has 0 bridgehead atoms. The summed E-state index contributed by atoms with van der Waals surface area (Å²) in [6.45, 7) is 1.42. The van der Waals surface area contributed by atoms with Gasteiger partial charge in [0.25, 0.3) is 0 Å². The molecule has 0 aromatic carbocycles. The smallest absolute Gasteiger partial charge is 0.246 e. The standard InChI is InChI=1S/C10H20N2O3S/c1-3-4-7(16)5-8(10(15)11-2)12-9(14)6-13/h7-8,13,16H,3-6H2,1-2H3,(H,11,15)(H,12,14)/t7?,8-/m0/s1. The summed E-state index contributed by atoms with van der Waals surface area (Å²) in [6, 6.07) is -0.626. The van der Waals surface area contributed by atoms with Crippen LogP contribution in [0, 0.1) is 0 Å². The van der Waals surface area contributed by atoms with Crippen molar-refractivity contribution in [2.75, 3.05) is 13.7 Å². The number of nitrogens with one attached hydrogen (secondary N) is 2. The molecule has 0 heterocycles. The maximum atomic E-state index is 11.5. The molecule has 2 atom stereocenters. The highest BCUT2D eigenvalue weighted by atomic mass is 32.1. The van der Waals surface area contributed by atoms with Gasteiger partial charge in [0.15, 0.2) is 0 Å². The summed E-state index contributed by atoms with van der Waals surface area (Å²) in [5.74, 6) is -0.817. The highest BCUT2D eigenvalue weighted by molar-refractivity contribution is 7.80. The summed E-state index contributed by atoms with van der Waals surface area (Å²) in [5, 5.41) is 13.6. The molecule has 0 fully saturated rings. The van der Waals surface area contributed by atoms with Gasteiger partial charge in [-0.15, -0.1) is 0 Å². The number of hydrogen-bond donors (Lipinski definition) is 4. The van der Waals surface area contributed by atoms with Crippen LogP contribution < -0.4 is 10.6 Å². The molecule has 2 amide bonds.